The number of rotatable bonds is 6. The van der Waals surface area contributed by atoms with E-state index in [1.807, 2.05) is 86.6 Å². The molecular weight excluding hydrogens is 556 g/mol. The van der Waals surface area contributed by atoms with Gasteiger partial charge in [0.05, 0.1) is 11.1 Å². The summed E-state index contributed by atoms with van der Waals surface area (Å²) in [7, 11) is 0. The number of carbonyl (C=O) groups is 2. The molecule has 0 radical (unpaired) electrons. The Morgan fingerprint density at radius 2 is 0.841 bits per heavy atom. The third-order valence-corrected chi connectivity index (χ3v) is 6.99. The van der Waals surface area contributed by atoms with E-state index < -0.39 is 11.9 Å². The predicted molar refractivity (Wildman–Crippen MR) is 164 cm³/mol. The molecule has 0 saturated carbocycles. The van der Waals surface area contributed by atoms with Crippen molar-refractivity contribution in [1.82, 2.24) is 30.0 Å². The van der Waals surface area contributed by atoms with Gasteiger partial charge in [0.2, 0.25) is 0 Å². The minimum absolute atomic E-state index is 0.259. The van der Waals surface area contributed by atoms with Crippen molar-refractivity contribution >= 4 is 34.0 Å². The van der Waals surface area contributed by atoms with Gasteiger partial charge in [0.25, 0.3) is 0 Å². The van der Waals surface area contributed by atoms with Crippen LogP contribution in [0.25, 0.3) is 33.4 Å². The minimum atomic E-state index is -0.593. The highest BCUT2D eigenvalue weighted by molar-refractivity contribution is 5.95. The predicted octanol–water partition coefficient (Wildman–Crippen LogP) is 6.21. The average Bonchev–Trinajstić information content (AvgIpc) is 3.67. The molecule has 0 atom stereocenters. The molecule has 10 heteroatoms. The Morgan fingerprint density at radius 1 is 0.500 bits per heavy atom. The lowest BCUT2D eigenvalue weighted by Gasteiger charge is -2.11. The summed E-state index contributed by atoms with van der Waals surface area (Å²) in [5, 5.41) is 18.1. The number of benzene rings is 5. The zero-order valence-corrected chi connectivity index (χ0v) is 23.7. The molecule has 0 bridgehead atoms. The molecule has 0 aliphatic heterocycles. The average molecular weight is 581 g/mol. The molecule has 0 aliphatic rings. The lowest BCUT2D eigenvalue weighted by atomic mass is 10.1. The van der Waals surface area contributed by atoms with Gasteiger partial charge in [-0.1, -0.05) is 36.4 Å². The van der Waals surface area contributed by atoms with Gasteiger partial charge in [0.1, 0.15) is 33.4 Å². The maximum Gasteiger partial charge on any atom is 0.343 e. The summed E-state index contributed by atoms with van der Waals surface area (Å²) in [4.78, 5) is 29.2. The molecule has 0 N–H and O–H groups in total. The fourth-order valence-electron chi connectivity index (χ4n) is 4.73. The molecule has 7 aromatic rings. The Hall–Kier alpha value is -6.16. The number of esters is 2. The summed E-state index contributed by atoms with van der Waals surface area (Å²) >= 11 is 0. The summed E-state index contributed by atoms with van der Waals surface area (Å²) in [6.45, 7) is 3.87. The van der Waals surface area contributed by atoms with Crippen LogP contribution in [0.1, 0.15) is 31.8 Å². The van der Waals surface area contributed by atoms with E-state index in [1.165, 1.54) is 33.9 Å². The van der Waals surface area contributed by atoms with Crippen LogP contribution in [0.4, 0.5) is 0 Å². The van der Waals surface area contributed by atoms with E-state index in [9.17, 15) is 9.59 Å². The van der Waals surface area contributed by atoms with Crippen LogP contribution in [0.15, 0.2) is 109 Å². The van der Waals surface area contributed by atoms with Crippen molar-refractivity contribution < 1.29 is 19.1 Å². The number of fused-ring (bicyclic) bond motifs is 2. The maximum absolute atomic E-state index is 13.1. The fraction of sp³-hybridized carbons (Fsp3) is 0.0588. The summed E-state index contributed by atoms with van der Waals surface area (Å²) in [6.07, 6.45) is 0. The van der Waals surface area contributed by atoms with Crippen molar-refractivity contribution in [3.8, 4) is 22.9 Å². The monoisotopic (exact) mass is 580 g/mol. The highest BCUT2D eigenvalue weighted by Gasteiger charge is 2.18. The Labute approximate surface area is 251 Å². The standard InChI is InChI=1S/C34H24N6O4/c1-21-11-17-31(29(19-21)39-35-25-7-3-4-8-26(25)36-39)43-33(41)23-13-15-24(16-14-23)34(42)44-32-18-12-22(2)20-30(32)40-37-27-9-5-6-10-28(27)38-40/h3-20H,1-2H3. The topological polar surface area (TPSA) is 114 Å². The van der Waals surface area contributed by atoms with Crippen LogP contribution in [0.3, 0.4) is 0 Å². The quantitative estimate of drug-likeness (QED) is 0.169. The van der Waals surface area contributed by atoms with E-state index in [-0.39, 0.29) is 11.1 Å². The SMILES string of the molecule is Cc1ccc(OC(=O)c2ccc(C(=O)Oc3ccc(C)cc3-n3nc4ccccc4n3)cc2)c(-n2nc3ccccc3n2)c1. The number of aromatic nitrogens is 6. The van der Waals surface area contributed by atoms with E-state index in [0.717, 1.165) is 33.2 Å². The van der Waals surface area contributed by atoms with Crippen LogP contribution in [0.5, 0.6) is 11.5 Å². The van der Waals surface area contributed by atoms with Crippen molar-refractivity contribution in [2.45, 2.75) is 13.8 Å². The van der Waals surface area contributed by atoms with Crippen molar-refractivity contribution in [1.29, 1.82) is 0 Å². The molecule has 0 spiro atoms. The van der Waals surface area contributed by atoms with Gasteiger partial charge in [-0.2, -0.15) is 0 Å². The fourth-order valence-corrected chi connectivity index (χ4v) is 4.73. The van der Waals surface area contributed by atoms with Gasteiger partial charge >= 0.3 is 11.9 Å². The van der Waals surface area contributed by atoms with Gasteiger partial charge in [0.15, 0.2) is 11.5 Å². The van der Waals surface area contributed by atoms with E-state index >= 15 is 0 Å². The summed E-state index contributed by atoms with van der Waals surface area (Å²) in [5.41, 5.74) is 6.38. The number of nitrogens with zero attached hydrogens (tertiary/aromatic N) is 6. The van der Waals surface area contributed by atoms with Gasteiger partial charge in [-0.15, -0.1) is 30.0 Å². The van der Waals surface area contributed by atoms with Crippen molar-refractivity contribution in [2.75, 3.05) is 0 Å². The molecule has 2 heterocycles. The Bertz CT molecular complexity index is 1980. The third kappa shape index (κ3) is 5.16. The zero-order valence-electron chi connectivity index (χ0n) is 23.7. The first-order chi connectivity index (χ1) is 21.4. The van der Waals surface area contributed by atoms with Crippen molar-refractivity contribution in [3.05, 3.63) is 131 Å². The smallest absolute Gasteiger partial charge is 0.343 e. The van der Waals surface area contributed by atoms with E-state index in [1.54, 1.807) is 12.1 Å². The summed E-state index contributed by atoms with van der Waals surface area (Å²) in [6, 6.07) is 31.9. The first-order valence-electron chi connectivity index (χ1n) is 13.8. The summed E-state index contributed by atoms with van der Waals surface area (Å²) in [5.74, 6) is -0.582. The van der Waals surface area contributed by atoms with Crippen LogP contribution >= 0.6 is 0 Å². The van der Waals surface area contributed by atoms with Crippen molar-refractivity contribution in [3.63, 3.8) is 0 Å². The number of ether oxygens (including phenoxy) is 2. The first kappa shape index (κ1) is 26.7. The molecule has 0 aliphatic carbocycles. The molecule has 0 saturated heterocycles. The van der Waals surface area contributed by atoms with Gasteiger partial charge in [-0.05, 0) is 97.8 Å². The number of carbonyl (C=O) groups excluding carboxylic acids is 2. The second kappa shape index (κ2) is 10.9. The molecule has 44 heavy (non-hydrogen) atoms. The second-order valence-electron chi connectivity index (χ2n) is 10.3. The van der Waals surface area contributed by atoms with Gasteiger partial charge < -0.3 is 9.47 Å². The van der Waals surface area contributed by atoms with Crippen LogP contribution < -0.4 is 9.47 Å². The lowest BCUT2D eigenvalue weighted by Crippen LogP contribution is -2.13. The van der Waals surface area contributed by atoms with Crippen LogP contribution in [0.2, 0.25) is 0 Å². The first-order valence-corrected chi connectivity index (χ1v) is 13.8. The molecule has 0 fully saturated rings. The minimum Gasteiger partial charge on any atom is -0.421 e. The molecule has 2 aromatic heterocycles. The highest BCUT2D eigenvalue weighted by Crippen LogP contribution is 2.27. The van der Waals surface area contributed by atoms with Gasteiger partial charge in [0, 0.05) is 0 Å². The summed E-state index contributed by atoms with van der Waals surface area (Å²) < 4.78 is 11.5. The molecule has 0 amide bonds. The maximum atomic E-state index is 13.1. The molecule has 0 unspecified atom stereocenters. The third-order valence-electron chi connectivity index (χ3n) is 6.99. The Balaban J connectivity index is 1.10. The number of hydrogen-bond acceptors (Lipinski definition) is 8. The van der Waals surface area contributed by atoms with Gasteiger partial charge in [-0.25, -0.2) is 9.59 Å². The number of hydrogen-bond donors (Lipinski definition) is 0. The van der Waals surface area contributed by atoms with Gasteiger partial charge in [-0.3, -0.25) is 0 Å². The molecular formula is C34H24N6O4. The van der Waals surface area contributed by atoms with Crippen LogP contribution in [-0.2, 0) is 0 Å². The van der Waals surface area contributed by atoms with Crippen LogP contribution in [0, 0.1) is 13.8 Å². The largest absolute Gasteiger partial charge is 0.421 e. The molecule has 7 rings (SSSR count). The second-order valence-corrected chi connectivity index (χ2v) is 10.3. The highest BCUT2D eigenvalue weighted by atomic mass is 16.5. The zero-order chi connectivity index (χ0) is 30.2. The molecule has 5 aromatic carbocycles. The van der Waals surface area contributed by atoms with E-state index in [4.69, 9.17) is 9.47 Å². The Morgan fingerprint density at radius 3 is 1.18 bits per heavy atom. The normalized spacial score (nSPS) is 11.1. The van der Waals surface area contributed by atoms with Crippen molar-refractivity contribution in [2.24, 2.45) is 0 Å². The molecule has 214 valence electrons. The van der Waals surface area contributed by atoms with Crippen LogP contribution in [-0.4, -0.2) is 41.9 Å². The van der Waals surface area contributed by atoms with E-state index in [0.29, 0.717) is 22.9 Å². The Kier molecular flexibility index (Phi) is 6.63. The molecule has 10 nitrogen and oxygen atoms in total. The number of aryl methyl sites for hydroxylation is 2. The lowest BCUT2D eigenvalue weighted by molar-refractivity contribution is 0.0720. The van der Waals surface area contributed by atoms with E-state index in [2.05, 4.69) is 20.4 Å².